The molecule has 0 spiro atoms. The van der Waals surface area contributed by atoms with Gasteiger partial charge in [0.15, 0.2) is 0 Å². The molecule has 15 heavy (non-hydrogen) atoms. The molecule has 1 aliphatic rings. The van der Waals surface area contributed by atoms with Gasteiger partial charge < -0.3 is 5.32 Å². The standard InChI is InChI=1S/C13H18BrN/c1-9-6-7-12(14)11(8-9)13(15-2)10-4-3-5-10/h6-8,10,13,15H,3-5H2,1-2H3. The smallest absolute Gasteiger partial charge is 0.0357 e. The molecule has 0 radical (unpaired) electrons. The van der Waals surface area contributed by atoms with Crippen molar-refractivity contribution in [1.82, 2.24) is 5.32 Å². The van der Waals surface area contributed by atoms with Crippen LogP contribution in [-0.2, 0) is 0 Å². The summed E-state index contributed by atoms with van der Waals surface area (Å²) in [5.41, 5.74) is 2.76. The molecule has 2 rings (SSSR count). The lowest BCUT2D eigenvalue weighted by Gasteiger charge is -2.34. The van der Waals surface area contributed by atoms with E-state index in [1.807, 2.05) is 0 Å². The third-order valence-electron chi connectivity index (χ3n) is 3.42. The summed E-state index contributed by atoms with van der Waals surface area (Å²) in [5, 5.41) is 3.46. The summed E-state index contributed by atoms with van der Waals surface area (Å²) in [4.78, 5) is 0. The molecule has 1 N–H and O–H groups in total. The first-order valence-electron chi connectivity index (χ1n) is 5.65. The van der Waals surface area contributed by atoms with Crippen LogP contribution in [0.15, 0.2) is 22.7 Å². The lowest BCUT2D eigenvalue weighted by Crippen LogP contribution is -2.30. The minimum atomic E-state index is 0.521. The largest absolute Gasteiger partial charge is 0.313 e. The molecule has 0 aromatic heterocycles. The molecule has 1 fully saturated rings. The maximum absolute atomic E-state index is 3.65. The van der Waals surface area contributed by atoms with E-state index in [2.05, 4.69) is 53.4 Å². The predicted molar refractivity (Wildman–Crippen MR) is 68.0 cm³/mol. The summed E-state index contributed by atoms with van der Waals surface area (Å²) in [5.74, 6) is 0.827. The average Bonchev–Trinajstić information content (AvgIpc) is 2.15. The van der Waals surface area contributed by atoms with Crippen molar-refractivity contribution in [2.45, 2.75) is 32.2 Å². The van der Waals surface area contributed by atoms with Crippen LogP contribution >= 0.6 is 15.9 Å². The van der Waals surface area contributed by atoms with E-state index in [-0.39, 0.29) is 0 Å². The van der Waals surface area contributed by atoms with Gasteiger partial charge in [0.05, 0.1) is 0 Å². The molecule has 2 heteroatoms. The Bertz CT molecular complexity index is 344. The Balaban J connectivity index is 2.28. The predicted octanol–water partition coefficient (Wildman–Crippen LogP) is 3.82. The van der Waals surface area contributed by atoms with Crippen molar-refractivity contribution in [3.05, 3.63) is 33.8 Å². The molecule has 1 atom stereocenters. The van der Waals surface area contributed by atoms with Crippen LogP contribution in [-0.4, -0.2) is 7.05 Å². The fourth-order valence-corrected chi connectivity index (χ4v) is 2.81. The van der Waals surface area contributed by atoms with Crippen LogP contribution in [0, 0.1) is 12.8 Å². The van der Waals surface area contributed by atoms with Crippen LogP contribution in [0.3, 0.4) is 0 Å². The molecular formula is C13H18BrN. The second-order valence-corrected chi connectivity index (χ2v) is 5.34. The zero-order valence-electron chi connectivity index (χ0n) is 9.39. The third-order valence-corrected chi connectivity index (χ3v) is 4.14. The monoisotopic (exact) mass is 267 g/mol. The number of benzene rings is 1. The summed E-state index contributed by atoms with van der Waals surface area (Å²) < 4.78 is 1.24. The minimum Gasteiger partial charge on any atom is -0.313 e. The summed E-state index contributed by atoms with van der Waals surface area (Å²) >= 11 is 3.65. The third kappa shape index (κ3) is 2.26. The topological polar surface area (TPSA) is 12.0 Å². The molecule has 82 valence electrons. The van der Waals surface area contributed by atoms with Crippen molar-refractivity contribution in [2.24, 2.45) is 5.92 Å². The molecule has 0 heterocycles. The number of hydrogen-bond acceptors (Lipinski definition) is 1. The average molecular weight is 268 g/mol. The van der Waals surface area contributed by atoms with Gasteiger partial charge in [-0.15, -0.1) is 0 Å². The van der Waals surface area contributed by atoms with Crippen LogP contribution in [0.2, 0.25) is 0 Å². The number of hydrogen-bond donors (Lipinski definition) is 1. The Morgan fingerprint density at radius 3 is 2.67 bits per heavy atom. The van der Waals surface area contributed by atoms with Gasteiger partial charge in [-0.2, -0.15) is 0 Å². The fraction of sp³-hybridized carbons (Fsp3) is 0.538. The van der Waals surface area contributed by atoms with Crippen molar-refractivity contribution < 1.29 is 0 Å². The van der Waals surface area contributed by atoms with Crippen LogP contribution < -0.4 is 5.32 Å². The van der Waals surface area contributed by atoms with Crippen LogP contribution in [0.4, 0.5) is 0 Å². The number of rotatable bonds is 3. The van der Waals surface area contributed by atoms with Crippen molar-refractivity contribution in [3.8, 4) is 0 Å². The van der Waals surface area contributed by atoms with E-state index in [0.717, 1.165) is 5.92 Å². The molecular weight excluding hydrogens is 250 g/mol. The van der Waals surface area contributed by atoms with Gasteiger partial charge in [-0.1, -0.05) is 40.0 Å². The van der Waals surface area contributed by atoms with Crippen LogP contribution in [0.1, 0.15) is 36.4 Å². The Labute approximate surface area is 100 Å². The fourth-order valence-electron chi connectivity index (χ4n) is 2.32. The van der Waals surface area contributed by atoms with E-state index >= 15 is 0 Å². The van der Waals surface area contributed by atoms with Gasteiger partial charge in [0.1, 0.15) is 0 Å². The molecule has 1 aromatic carbocycles. The molecule has 1 aromatic rings. The SMILES string of the molecule is CNC(c1cc(C)ccc1Br)C1CCC1. The highest BCUT2D eigenvalue weighted by Crippen LogP contribution is 2.39. The van der Waals surface area contributed by atoms with E-state index in [4.69, 9.17) is 0 Å². The van der Waals surface area contributed by atoms with Gasteiger partial charge in [-0.05, 0) is 44.4 Å². The highest BCUT2D eigenvalue weighted by Gasteiger charge is 2.28. The van der Waals surface area contributed by atoms with Gasteiger partial charge in [0, 0.05) is 10.5 Å². The van der Waals surface area contributed by atoms with Gasteiger partial charge in [0.2, 0.25) is 0 Å². The van der Waals surface area contributed by atoms with E-state index in [0.29, 0.717) is 6.04 Å². The first-order valence-corrected chi connectivity index (χ1v) is 6.45. The molecule has 1 saturated carbocycles. The zero-order valence-corrected chi connectivity index (χ0v) is 11.0. The normalized spacial score (nSPS) is 18.6. The number of aryl methyl sites for hydroxylation is 1. The Hall–Kier alpha value is -0.340. The van der Waals surface area contributed by atoms with Crippen molar-refractivity contribution in [1.29, 1.82) is 0 Å². The van der Waals surface area contributed by atoms with Gasteiger partial charge >= 0.3 is 0 Å². The number of nitrogens with one attached hydrogen (secondary N) is 1. The molecule has 1 aliphatic carbocycles. The maximum Gasteiger partial charge on any atom is 0.0357 e. The summed E-state index contributed by atoms with van der Waals surface area (Å²) in [6.07, 6.45) is 4.13. The first kappa shape index (κ1) is 11.2. The van der Waals surface area contributed by atoms with Gasteiger partial charge in [-0.3, -0.25) is 0 Å². The van der Waals surface area contributed by atoms with E-state index in [9.17, 15) is 0 Å². The lowest BCUT2D eigenvalue weighted by atomic mass is 9.77. The highest BCUT2D eigenvalue weighted by molar-refractivity contribution is 9.10. The van der Waals surface area contributed by atoms with Crippen molar-refractivity contribution >= 4 is 15.9 Å². The number of halogens is 1. The molecule has 1 nitrogen and oxygen atoms in total. The first-order chi connectivity index (χ1) is 7.22. The maximum atomic E-state index is 3.65. The van der Waals surface area contributed by atoms with Gasteiger partial charge in [-0.25, -0.2) is 0 Å². The van der Waals surface area contributed by atoms with Crippen molar-refractivity contribution in [3.63, 3.8) is 0 Å². The molecule has 0 amide bonds. The van der Waals surface area contributed by atoms with Crippen LogP contribution in [0.5, 0.6) is 0 Å². The summed E-state index contributed by atoms with van der Waals surface area (Å²) in [6, 6.07) is 7.13. The Morgan fingerprint density at radius 1 is 1.40 bits per heavy atom. The molecule has 0 saturated heterocycles. The second-order valence-electron chi connectivity index (χ2n) is 4.48. The quantitative estimate of drug-likeness (QED) is 0.878. The Kier molecular flexibility index (Phi) is 3.47. The Morgan fingerprint density at radius 2 is 2.13 bits per heavy atom. The van der Waals surface area contributed by atoms with E-state index < -0.39 is 0 Å². The summed E-state index contributed by atoms with van der Waals surface area (Å²) in [7, 11) is 2.07. The summed E-state index contributed by atoms with van der Waals surface area (Å²) in [6.45, 7) is 2.16. The van der Waals surface area contributed by atoms with E-state index in [1.54, 1.807) is 0 Å². The molecule has 1 unspecified atom stereocenters. The van der Waals surface area contributed by atoms with Crippen molar-refractivity contribution in [2.75, 3.05) is 7.05 Å². The van der Waals surface area contributed by atoms with Crippen LogP contribution in [0.25, 0.3) is 0 Å². The molecule has 0 bridgehead atoms. The van der Waals surface area contributed by atoms with Gasteiger partial charge in [0.25, 0.3) is 0 Å². The zero-order chi connectivity index (χ0) is 10.8. The lowest BCUT2D eigenvalue weighted by molar-refractivity contribution is 0.239. The molecule has 0 aliphatic heterocycles. The van der Waals surface area contributed by atoms with E-state index in [1.165, 1.54) is 34.9 Å². The second kappa shape index (κ2) is 4.67. The minimum absolute atomic E-state index is 0.521. The highest BCUT2D eigenvalue weighted by atomic mass is 79.9.